The lowest BCUT2D eigenvalue weighted by atomic mass is 10.2. The van der Waals surface area contributed by atoms with Gasteiger partial charge in [-0.2, -0.15) is 0 Å². The molecule has 0 saturated heterocycles. The summed E-state index contributed by atoms with van der Waals surface area (Å²) < 4.78 is 0. The summed E-state index contributed by atoms with van der Waals surface area (Å²) in [5, 5.41) is 8.06. The smallest absolute Gasteiger partial charge is 0.319 e. The average molecular weight is 278 g/mol. The maximum Gasteiger partial charge on any atom is 0.319 e. The molecule has 0 unspecified atom stereocenters. The molecule has 0 radical (unpaired) electrons. The molecule has 110 valence electrons. The molecule has 0 saturated carbocycles. The van der Waals surface area contributed by atoms with Crippen molar-refractivity contribution in [3.63, 3.8) is 0 Å². The molecule has 0 fully saturated rings. The van der Waals surface area contributed by atoms with Gasteiger partial charge in [-0.25, -0.2) is 4.79 Å². The SMILES string of the molecule is CCCNC(=O)CCNC(=O)Nc1ccc(CN)cc1. The number of benzene rings is 1. The summed E-state index contributed by atoms with van der Waals surface area (Å²) >= 11 is 0. The molecule has 1 aromatic rings. The van der Waals surface area contributed by atoms with E-state index in [9.17, 15) is 9.59 Å². The van der Waals surface area contributed by atoms with Gasteiger partial charge in [0.2, 0.25) is 5.91 Å². The van der Waals surface area contributed by atoms with Crippen molar-refractivity contribution in [1.82, 2.24) is 10.6 Å². The summed E-state index contributed by atoms with van der Waals surface area (Å²) in [6, 6.07) is 6.96. The number of nitrogens with one attached hydrogen (secondary N) is 3. The highest BCUT2D eigenvalue weighted by molar-refractivity contribution is 5.89. The second-order valence-corrected chi connectivity index (χ2v) is 4.38. The largest absolute Gasteiger partial charge is 0.356 e. The van der Waals surface area contributed by atoms with Crippen molar-refractivity contribution in [3.8, 4) is 0 Å². The van der Waals surface area contributed by atoms with E-state index < -0.39 is 0 Å². The Hall–Kier alpha value is -2.08. The molecule has 6 nitrogen and oxygen atoms in total. The van der Waals surface area contributed by atoms with Gasteiger partial charge >= 0.3 is 6.03 Å². The Morgan fingerprint density at radius 3 is 2.40 bits per heavy atom. The quantitative estimate of drug-likeness (QED) is 0.603. The van der Waals surface area contributed by atoms with Crippen LogP contribution in [0.2, 0.25) is 0 Å². The molecule has 0 aliphatic carbocycles. The molecule has 0 aliphatic rings. The van der Waals surface area contributed by atoms with E-state index in [0.717, 1.165) is 12.0 Å². The maximum atomic E-state index is 11.6. The average Bonchev–Trinajstić information content (AvgIpc) is 2.46. The third-order valence-electron chi connectivity index (χ3n) is 2.66. The number of anilines is 1. The summed E-state index contributed by atoms with van der Waals surface area (Å²) in [4.78, 5) is 22.9. The first-order chi connectivity index (χ1) is 9.65. The van der Waals surface area contributed by atoms with Crippen LogP contribution in [0.4, 0.5) is 10.5 Å². The summed E-state index contributed by atoms with van der Waals surface area (Å²) in [5.74, 6) is -0.0561. The first-order valence-electron chi connectivity index (χ1n) is 6.76. The molecule has 0 atom stereocenters. The van der Waals surface area contributed by atoms with Crippen LogP contribution in [0.1, 0.15) is 25.3 Å². The molecule has 5 N–H and O–H groups in total. The second kappa shape index (κ2) is 8.92. The Balaban J connectivity index is 2.24. The lowest BCUT2D eigenvalue weighted by Crippen LogP contribution is -2.33. The number of carbonyl (C=O) groups is 2. The standard InChI is InChI=1S/C14H22N4O2/c1-2-8-16-13(19)7-9-17-14(20)18-12-5-3-11(10-15)4-6-12/h3-6H,2,7-10,15H2,1H3,(H,16,19)(H2,17,18,20). The minimum absolute atomic E-state index is 0.0561. The van der Waals surface area contributed by atoms with Gasteiger partial charge in [0.25, 0.3) is 0 Å². The monoisotopic (exact) mass is 278 g/mol. The van der Waals surface area contributed by atoms with Crippen molar-refractivity contribution in [2.24, 2.45) is 5.73 Å². The van der Waals surface area contributed by atoms with Gasteiger partial charge in [0.05, 0.1) is 0 Å². The number of rotatable bonds is 7. The lowest BCUT2D eigenvalue weighted by Gasteiger charge is -2.08. The van der Waals surface area contributed by atoms with Crippen LogP contribution in [0.5, 0.6) is 0 Å². The fraction of sp³-hybridized carbons (Fsp3) is 0.429. The molecule has 20 heavy (non-hydrogen) atoms. The van der Waals surface area contributed by atoms with Gasteiger partial charge in [-0.3, -0.25) is 4.79 Å². The molecule has 0 heterocycles. The van der Waals surface area contributed by atoms with Gasteiger partial charge in [-0.1, -0.05) is 19.1 Å². The van der Waals surface area contributed by atoms with Gasteiger partial charge < -0.3 is 21.7 Å². The van der Waals surface area contributed by atoms with Crippen molar-refractivity contribution >= 4 is 17.6 Å². The molecule has 0 bridgehead atoms. The topological polar surface area (TPSA) is 96.2 Å². The van der Waals surface area contributed by atoms with Crippen molar-refractivity contribution in [2.75, 3.05) is 18.4 Å². The Bertz CT molecular complexity index is 431. The van der Waals surface area contributed by atoms with Crippen LogP contribution in [0.3, 0.4) is 0 Å². The zero-order valence-electron chi connectivity index (χ0n) is 11.7. The van der Waals surface area contributed by atoms with Crippen molar-refractivity contribution in [2.45, 2.75) is 26.3 Å². The Labute approximate surface area is 119 Å². The number of carbonyl (C=O) groups excluding carboxylic acids is 2. The highest BCUT2D eigenvalue weighted by Crippen LogP contribution is 2.08. The molecular formula is C14H22N4O2. The summed E-state index contributed by atoms with van der Waals surface area (Å²) in [7, 11) is 0. The fourth-order valence-corrected chi connectivity index (χ4v) is 1.54. The maximum absolute atomic E-state index is 11.6. The number of hydrogen-bond donors (Lipinski definition) is 4. The Morgan fingerprint density at radius 2 is 1.80 bits per heavy atom. The Morgan fingerprint density at radius 1 is 1.10 bits per heavy atom. The van der Waals surface area contributed by atoms with Crippen LogP contribution in [-0.2, 0) is 11.3 Å². The molecule has 0 spiro atoms. The zero-order valence-corrected chi connectivity index (χ0v) is 11.7. The number of nitrogens with two attached hydrogens (primary N) is 1. The Kier molecular flexibility index (Phi) is 7.13. The van der Waals surface area contributed by atoms with Crippen molar-refractivity contribution in [3.05, 3.63) is 29.8 Å². The van der Waals surface area contributed by atoms with Gasteiger partial charge in [-0.05, 0) is 24.1 Å². The summed E-state index contributed by atoms with van der Waals surface area (Å²) in [5.41, 5.74) is 7.19. The first kappa shape index (κ1) is 16.0. The van der Waals surface area contributed by atoms with E-state index in [4.69, 9.17) is 5.73 Å². The zero-order chi connectivity index (χ0) is 14.8. The van der Waals surface area contributed by atoms with E-state index in [1.54, 1.807) is 12.1 Å². The highest BCUT2D eigenvalue weighted by atomic mass is 16.2. The molecule has 6 heteroatoms. The van der Waals surface area contributed by atoms with E-state index in [2.05, 4.69) is 16.0 Å². The summed E-state index contributed by atoms with van der Waals surface area (Å²) in [6.07, 6.45) is 1.18. The van der Waals surface area contributed by atoms with Gasteiger partial charge in [0.1, 0.15) is 0 Å². The third-order valence-corrected chi connectivity index (χ3v) is 2.66. The van der Waals surface area contributed by atoms with Gasteiger partial charge in [0.15, 0.2) is 0 Å². The third kappa shape index (κ3) is 6.19. The number of amides is 3. The van der Waals surface area contributed by atoms with Crippen LogP contribution in [0.25, 0.3) is 0 Å². The van der Waals surface area contributed by atoms with Crippen molar-refractivity contribution < 1.29 is 9.59 Å². The van der Waals surface area contributed by atoms with Gasteiger partial charge in [0, 0.05) is 31.7 Å². The minimum atomic E-state index is -0.325. The molecule has 0 aliphatic heterocycles. The molecule has 1 aromatic carbocycles. The number of urea groups is 1. The van der Waals surface area contributed by atoms with Crippen LogP contribution < -0.4 is 21.7 Å². The first-order valence-corrected chi connectivity index (χ1v) is 6.76. The summed E-state index contributed by atoms with van der Waals surface area (Å²) in [6.45, 7) is 3.43. The minimum Gasteiger partial charge on any atom is -0.356 e. The molecule has 0 aromatic heterocycles. The molecule has 1 rings (SSSR count). The molecule has 3 amide bonds. The van der Waals surface area contributed by atoms with Crippen LogP contribution in [0, 0.1) is 0 Å². The van der Waals surface area contributed by atoms with Gasteiger partial charge in [-0.15, -0.1) is 0 Å². The fourth-order valence-electron chi connectivity index (χ4n) is 1.54. The predicted molar refractivity (Wildman–Crippen MR) is 79.3 cm³/mol. The van der Waals surface area contributed by atoms with E-state index in [1.807, 2.05) is 19.1 Å². The van der Waals surface area contributed by atoms with E-state index in [0.29, 0.717) is 25.3 Å². The van der Waals surface area contributed by atoms with Crippen molar-refractivity contribution in [1.29, 1.82) is 0 Å². The van der Waals surface area contributed by atoms with E-state index in [1.165, 1.54) is 0 Å². The highest BCUT2D eigenvalue weighted by Gasteiger charge is 2.03. The number of hydrogen-bond acceptors (Lipinski definition) is 3. The van der Waals surface area contributed by atoms with E-state index >= 15 is 0 Å². The van der Waals surface area contributed by atoms with Crippen LogP contribution >= 0.6 is 0 Å². The van der Waals surface area contributed by atoms with E-state index in [-0.39, 0.29) is 18.4 Å². The van der Waals surface area contributed by atoms with Crippen LogP contribution in [0.15, 0.2) is 24.3 Å². The van der Waals surface area contributed by atoms with Crippen LogP contribution in [-0.4, -0.2) is 25.0 Å². The predicted octanol–water partition coefficient (Wildman–Crippen LogP) is 1.18. The molecular weight excluding hydrogens is 256 g/mol. The second-order valence-electron chi connectivity index (χ2n) is 4.38. The lowest BCUT2D eigenvalue weighted by molar-refractivity contribution is -0.120. The normalized spacial score (nSPS) is 9.90.